The van der Waals surface area contributed by atoms with Crippen molar-refractivity contribution in [2.24, 2.45) is 0 Å². The standard InChI is InChI=1S/C17H29N5O2/c23-12-14-3-1-2-7-21(14)10-6-18-16-11-17(20-13-19-16)22-8-4-15(24)5-9-22/h11,13-15,23-24H,1-10,12H2,(H,18,19,20). The topological polar surface area (TPSA) is 84.8 Å². The third-order valence-electron chi connectivity index (χ3n) is 5.11. The summed E-state index contributed by atoms with van der Waals surface area (Å²) in [6.45, 7) is 4.72. The number of hydrogen-bond acceptors (Lipinski definition) is 7. The Labute approximate surface area is 143 Å². The Balaban J connectivity index is 1.49. The number of aliphatic hydroxyl groups excluding tert-OH is 2. The summed E-state index contributed by atoms with van der Waals surface area (Å²) in [5.74, 6) is 1.76. The fourth-order valence-corrected chi connectivity index (χ4v) is 3.60. The summed E-state index contributed by atoms with van der Waals surface area (Å²) in [7, 11) is 0. The molecule has 2 aliphatic rings. The highest BCUT2D eigenvalue weighted by Gasteiger charge is 2.21. The first-order valence-electron chi connectivity index (χ1n) is 9.10. The van der Waals surface area contributed by atoms with Gasteiger partial charge in [-0.05, 0) is 32.2 Å². The van der Waals surface area contributed by atoms with Gasteiger partial charge in [0.2, 0.25) is 0 Å². The Hall–Kier alpha value is -1.44. The lowest BCUT2D eigenvalue weighted by Crippen LogP contribution is -2.44. The van der Waals surface area contributed by atoms with Crippen LogP contribution < -0.4 is 10.2 Å². The molecule has 7 nitrogen and oxygen atoms in total. The first-order valence-corrected chi connectivity index (χ1v) is 9.10. The SMILES string of the molecule is OCC1CCCCN1CCNc1cc(N2CCC(O)CC2)ncn1. The molecule has 0 aliphatic carbocycles. The van der Waals surface area contributed by atoms with Crippen LogP contribution in [-0.2, 0) is 0 Å². The fourth-order valence-electron chi connectivity index (χ4n) is 3.60. The van der Waals surface area contributed by atoms with Gasteiger partial charge >= 0.3 is 0 Å². The molecular weight excluding hydrogens is 306 g/mol. The molecule has 7 heteroatoms. The molecule has 3 N–H and O–H groups in total. The molecule has 0 amide bonds. The summed E-state index contributed by atoms with van der Waals surface area (Å²) >= 11 is 0. The molecule has 0 radical (unpaired) electrons. The quantitative estimate of drug-likeness (QED) is 0.705. The van der Waals surface area contributed by atoms with Crippen LogP contribution in [0.15, 0.2) is 12.4 Å². The van der Waals surface area contributed by atoms with Crippen molar-refractivity contribution in [3.8, 4) is 0 Å². The summed E-state index contributed by atoms with van der Waals surface area (Å²) in [4.78, 5) is 13.2. The highest BCUT2D eigenvalue weighted by atomic mass is 16.3. The molecule has 0 aromatic carbocycles. The number of nitrogens with one attached hydrogen (secondary N) is 1. The number of hydrogen-bond donors (Lipinski definition) is 3. The van der Waals surface area contributed by atoms with Crippen molar-refractivity contribution in [3.05, 3.63) is 12.4 Å². The number of aliphatic hydroxyl groups is 2. The number of nitrogens with zero attached hydrogens (tertiary/aromatic N) is 4. The minimum absolute atomic E-state index is 0.176. The van der Waals surface area contributed by atoms with E-state index in [1.807, 2.05) is 6.07 Å². The molecule has 2 saturated heterocycles. The third-order valence-corrected chi connectivity index (χ3v) is 5.11. The predicted octanol–water partition coefficient (Wildman–Crippen LogP) is 0.696. The molecule has 1 aromatic rings. The number of likely N-dealkylation sites (tertiary alicyclic amines) is 1. The Morgan fingerprint density at radius 1 is 1.12 bits per heavy atom. The van der Waals surface area contributed by atoms with Crippen molar-refractivity contribution in [1.82, 2.24) is 14.9 Å². The molecule has 0 bridgehead atoms. The lowest BCUT2D eigenvalue weighted by Gasteiger charge is -2.34. The molecule has 3 heterocycles. The minimum Gasteiger partial charge on any atom is -0.395 e. The summed E-state index contributed by atoms with van der Waals surface area (Å²) in [6, 6.07) is 2.29. The summed E-state index contributed by atoms with van der Waals surface area (Å²) < 4.78 is 0. The zero-order chi connectivity index (χ0) is 16.8. The van der Waals surface area contributed by atoms with Crippen LogP contribution in [0.5, 0.6) is 0 Å². The van der Waals surface area contributed by atoms with Gasteiger partial charge in [0.05, 0.1) is 12.7 Å². The van der Waals surface area contributed by atoms with Crippen LogP contribution >= 0.6 is 0 Å². The van der Waals surface area contributed by atoms with Crippen LogP contribution in [0.2, 0.25) is 0 Å². The monoisotopic (exact) mass is 335 g/mol. The first kappa shape index (κ1) is 17.4. The zero-order valence-corrected chi connectivity index (χ0v) is 14.3. The smallest absolute Gasteiger partial charge is 0.134 e. The van der Waals surface area contributed by atoms with E-state index in [2.05, 4.69) is 25.1 Å². The Morgan fingerprint density at radius 2 is 1.96 bits per heavy atom. The molecule has 24 heavy (non-hydrogen) atoms. The maximum Gasteiger partial charge on any atom is 0.134 e. The molecule has 2 aliphatic heterocycles. The van der Waals surface area contributed by atoms with Crippen molar-refractivity contribution in [1.29, 1.82) is 0 Å². The molecule has 0 spiro atoms. The average molecular weight is 335 g/mol. The van der Waals surface area contributed by atoms with Gasteiger partial charge in [-0.2, -0.15) is 0 Å². The molecule has 1 aromatic heterocycles. The summed E-state index contributed by atoms with van der Waals surface area (Å²) in [5.41, 5.74) is 0. The average Bonchev–Trinajstić information content (AvgIpc) is 2.63. The number of anilines is 2. The second kappa shape index (κ2) is 8.60. The Morgan fingerprint density at radius 3 is 2.75 bits per heavy atom. The lowest BCUT2D eigenvalue weighted by molar-refractivity contribution is 0.0940. The van der Waals surface area contributed by atoms with Crippen LogP contribution in [0, 0.1) is 0 Å². The number of aromatic nitrogens is 2. The highest BCUT2D eigenvalue weighted by Crippen LogP contribution is 2.20. The predicted molar refractivity (Wildman–Crippen MR) is 94.3 cm³/mol. The fraction of sp³-hybridized carbons (Fsp3) is 0.765. The van der Waals surface area contributed by atoms with Crippen LogP contribution in [-0.4, -0.2) is 76.6 Å². The molecule has 1 atom stereocenters. The van der Waals surface area contributed by atoms with Crippen molar-refractivity contribution in [2.75, 3.05) is 49.5 Å². The van der Waals surface area contributed by atoms with Crippen LogP contribution in [0.25, 0.3) is 0 Å². The van der Waals surface area contributed by atoms with Gasteiger partial charge in [-0.3, -0.25) is 4.90 Å². The Bertz CT molecular complexity index is 508. The number of rotatable bonds is 6. The van der Waals surface area contributed by atoms with Crippen molar-refractivity contribution < 1.29 is 10.2 Å². The Kier molecular flexibility index (Phi) is 6.23. The van der Waals surface area contributed by atoms with E-state index in [1.165, 1.54) is 12.8 Å². The molecule has 3 rings (SSSR count). The van der Waals surface area contributed by atoms with Crippen molar-refractivity contribution in [2.45, 2.75) is 44.2 Å². The van der Waals surface area contributed by atoms with Crippen LogP contribution in [0.1, 0.15) is 32.1 Å². The van der Waals surface area contributed by atoms with E-state index in [0.717, 1.165) is 63.6 Å². The van der Waals surface area contributed by atoms with Gasteiger partial charge < -0.3 is 20.4 Å². The summed E-state index contributed by atoms with van der Waals surface area (Å²) in [5, 5.41) is 22.5. The van der Waals surface area contributed by atoms with Crippen LogP contribution in [0.3, 0.4) is 0 Å². The van der Waals surface area contributed by atoms with Gasteiger partial charge in [0.1, 0.15) is 18.0 Å². The zero-order valence-electron chi connectivity index (χ0n) is 14.3. The van der Waals surface area contributed by atoms with E-state index in [9.17, 15) is 10.2 Å². The van der Waals surface area contributed by atoms with E-state index in [-0.39, 0.29) is 12.7 Å². The maximum atomic E-state index is 9.62. The van der Waals surface area contributed by atoms with E-state index >= 15 is 0 Å². The van der Waals surface area contributed by atoms with Gasteiger partial charge in [-0.25, -0.2) is 9.97 Å². The van der Waals surface area contributed by atoms with E-state index in [1.54, 1.807) is 6.33 Å². The molecule has 0 saturated carbocycles. The lowest BCUT2D eigenvalue weighted by atomic mass is 10.0. The maximum absolute atomic E-state index is 9.62. The first-order chi connectivity index (χ1) is 11.8. The minimum atomic E-state index is -0.176. The van der Waals surface area contributed by atoms with Crippen molar-refractivity contribution in [3.63, 3.8) is 0 Å². The molecular formula is C17H29N5O2. The van der Waals surface area contributed by atoms with Crippen molar-refractivity contribution >= 4 is 11.6 Å². The number of piperidine rings is 2. The van der Waals surface area contributed by atoms with E-state index in [0.29, 0.717) is 6.04 Å². The van der Waals surface area contributed by atoms with Gasteiger partial charge in [0.25, 0.3) is 0 Å². The largest absolute Gasteiger partial charge is 0.395 e. The normalized spacial score (nSPS) is 23.4. The second-order valence-corrected chi connectivity index (χ2v) is 6.77. The third kappa shape index (κ3) is 4.55. The second-order valence-electron chi connectivity index (χ2n) is 6.77. The summed E-state index contributed by atoms with van der Waals surface area (Å²) in [6.07, 6.45) is 6.54. The van der Waals surface area contributed by atoms with Gasteiger partial charge in [-0.15, -0.1) is 0 Å². The molecule has 1 unspecified atom stereocenters. The van der Waals surface area contributed by atoms with Gasteiger partial charge in [-0.1, -0.05) is 6.42 Å². The molecule has 134 valence electrons. The van der Waals surface area contributed by atoms with Gasteiger partial charge in [0, 0.05) is 38.3 Å². The van der Waals surface area contributed by atoms with E-state index < -0.39 is 0 Å². The van der Waals surface area contributed by atoms with E-state index in [4.69, 9.17) is 0 Å². The van der Waals surface area contributed by atoms with Crippen LogP contribution in [0.4, 0.5) is 11.6 Å². The van der Waals surface area contributed by atoms with Gasteiger partial charge in [0.15, 0.2) is 0 Å². The highest BCUT2D eigenvalue weighted by molar-refractivity contribution is 5.48. The molecule has 2 fully saturated rings.